The van der Waals surface area contributed by atoms with Crippen molar-refractivity contribution in [2.24, 2.45) is 0 Å². The third kappa shape index (κ3) is 3.88. The second kappa shape index (κ2) is 6.99. The first kappa shape index (κ1) is 13.7. The van der Waals surface area contributed by atoms with Gasteiger partial charge in [0.15, 0.2) is 0 Å². The van der Waals surface area contributed by atoms with E-state index in [-0.39, 0.29) is 5.28 Å². The van der Waals surface area contributed by atoms with Crippen LogP contribution in [0.25, 0.3) is 0 Å². The molecule has 0 atom stereocenters. The summed E-state index contributed by atoms with van der Waals surface area (Å²) >= 11 is 7.77. The highest BCUT2D eigenvalue weighted by atomic mass is 35.5. The number of aromatic nitrogens is 3. The van der Waals surface area contributed by atoms with Gasteiger partial charge in [0.25, 0.3) is 0 Å². The van der Waals surface area contributed by atoms with E-state index in [1.807, 2.05) is 11.8 Å². The highest BCUT2D eigenvalue weighted by Gasteiger charge is 2.16. The third-order valence-corrected chi connectivity index (χ3v) is 3.66. The molecule has 1 aliphatic heterocycles. The van der Waals surface area contributed by atoms with Crippen molar-refractivity contribution in [2.45, 2.75) is 19.3 Å². The topological polar surface area (TPSA) is 53.9 Å². The van der Waals surface area contributed by atoms with Crippen molar-refractivity contribution in [3.63, 3.8) is 0 Å². The molecule has 0 saturated carbocycles. The summed E-state index contributed by atoms with van der Waals surface area (Å²) in [7, 11) is 0. The van der Waals surface area contributed by atoms with E-state index in [4.69, 9.17) is 11.6 Å². The first-order valence-electron chi connectivity index (χ1n) is 6.19. The lowest BCUT2D eigenvalue weighted by Gasteiger charge is -2.15. The van der Waals surface area contributed by atoms with E-state index in [0.29, 0.717) is 11.9 Å². The van der Waals surface area contributed by atoms with E-state index in [1.54, 1.807) is 0 Å². The summed E-state index contributed by atoms with van der Waals surface area (Å²) in [5.74, 6) is 2.41. The Kier molecular flexibility index (Phi) is 5.31. The van der Waals surface area contributed by atoms with Gasteiger partial charge in [0.1, 0.15) is 0 Å². The van der Waals surface area contributed by atoms with Gasteiger partial charge in [-0.3, -0.25) is 0 Å². The Labute approximate surface area is 117 Å². The van der Waals surface area contributed by atoms with Crippen molar-refractivity contribution in [3.8, 4) is 0 Å². The minimum absolute atomic E-state index is 0.263. The minimum atomic E-state index is 0.263. The number of hydrogen-bond acceptors (Lipinski definition) is 6. The molecule has 0 unspecified atom stereocenters. The SMILES string of the molecule is CSCCCNc1nc(Cl)nc(N2CCCC2)n1. The molecule has 1 fully saturated rings. The van der Waals surface area contributed by atoms with Gasteiger partial charge in [-0.05, 0) is 42.9 Å². The summed E-state index contributed by atoms with van der Waals surface area (Å²) in [4.78, 5) is 14.9. The second-order valence-corrected chi connectivity index (χ2v) is 5.52. The maximum atomic E-state index is 5.94. The molecular formula is C11H18ClN5S. The van der Waals surface area contributed by atoms with Crippen LogP contribution in [0.2, 0.25) is 5.28 Å². The van der Waals surface area contributed by atoms with Crippen molar-refractivity contribution < 1.29 is 0 Å². The quantitative estimate of drug-likeness (QED) is 0.810. The van der Waals surface area contributed by atoms with E-state index >= 15 is 0 Å². The molecule has 100 valence electrons. The van der Waals surface area contributed by atoms with Gasteiger partial charge in [-0.15, -0.1) is 0 Å². The molecule has 0 bridgehead atoms. The van der Waals surface area contributed by atoms with Gasteiger partial charge in [0.2, 0.25) is 17.2 Å². The molecule has 1 N–H and O–H groups in total. The minimum Gasteiger partial charge on any atom is -0.354 e. The monoisotopic (exact) mass is 287 g/mol. The van der Waals surface area contributed by atoms with Crippen LogP contribution in [0.3, 0.4) is 0 Å². The molecule has 18 heavy (non-hydrogen) atoms. The molecule has 0 aromatic carbocycles. The number of thioether (sulfide) groups is 1. The lowest BCUT2D eigenvalue weighted by atomic mass is 10.4. The molecule has 0 radical (unpaired) electrons. The summed E-state index contributed by atoms with van der Waals surface area (Å²) < 4.78 is 0. The fourth-order valence-electron chi connectivity index (χ4n) is 1.89. The first-order chi connectivity index (χ1) is 8.79. The van der Waals surface area contributed by atoms with Gasteiger partial charge >= 0.3 is 0 Å². The number of nitrogens with zero attached hydrogens (tertiary/aromatic N) is 4. The van der Waals surface area contributed by atoms with Crippen molar-refractivity contribution >= 4 is 35.3 Å². The number of rotatable bonds is 6. The van der Waals surface area contributed by atoms with Crippen molar-refractivity contribution in [1.82, 2.24) is 15.0 Å². The van der Waals surface area contributed by atoms with Crippen LogP contribution in [0.15, 0.2) is 0 Å². The van der Waals surface area contributed by atoms with E-state index < -0.39 is 0 Å². The molecule has 1 saturated heterocycles. The van der Waals surface area contributed by atoms with Crippen molar-refractivity contribution in [3.05, 3.63) is 5.28 Å². The maximum Gasteiger partial charge on any atom is 0.231 e. The van der Waals surface area contributed by atoms with Crippen LogP contribution in [-0.2, 0) is 0 Å². The Bertz CT molecular complexity index is 384. The molecule has 2 heterocycles. The lowest BCUT2D eigenvalue weighted by Crippen LogP contribution is -2.21. The highest BCUT2D eigenvalue weighted by Crippen LogP contribution is 2.18. The summed E-state index contributed by atoms with van der Waals surface area (Å²) in [5.41, 5.74) is 0. The highest BCUT2D eigenvalue weighted by molar-refractivity contribution is 7.98. The molecular weight excluding hydrogens is 270 g/mol. The van der Waals surface area contributed by atoms with Crippen LogP contribution >= 0.6 is 23.4 Å². The molecule has 0 amide bonds. The predicted molar refractivity (Wildman–Crippen MR) is 77.8 cm³/mol. The van der Waals surface area contributed by atoms with Crippen molar-refractivity contribution in [1.29, 1.82) is 0 Å². The lowest BCUT2D eigenvalue weighted by molar-refractivity contribution is 0.871. The Morgan fingerprint density at radius 2 is 2.06 bits per heavy atom. The van der Waals surface area contributed by atoms with Crippen LogP contribution in [0.4, 0.5) is 11.9 Å². The third-order valence-electron chi connectivity index (χ3n) is 2.79. The fourth-order valence-corrected chi connectivity index (χ4v) is 2.48. The van der Waals surface area contributed by atoms with Gasteiger partial charge in [-0.1, -0.05) is 0 Å². The fraction of sp³-hybridized carbons (Fsp3) is 0.727. The number of halogens is 1. The summed E-state index contributed by atoms with van der Waals surface area (Å²) in [5, 5.41) is 3.46. The average molecular weight is 288 g/mol. The van der Waals surface area contributed by atoms with Gasteiger partial charge < -0.3 is 10.2 Å². The Balaban J connectivity index is 1.97. The summed E-state index contributed by atoms with van der Waals surface area (Å²) in [6.07, 6.45) is 5.58. The Morgan fingerprint density at radius 3 is 2.78 bits per heavy atom. The number of hydrogen-bond donors (Lipinski definition) is 1. The molecule has 5 nitrogen and oxygen atoms in total. The van der Waals surface area contributed by atoms with E-state index in [2.05, 4.69) is 31.4 Å². The second-order valence-electron chi connectivity index (χ2n) is 4.20. The van der Waals surface area contributed by atoms with E-state index in [0.717, 1.165) is 31.8 Å². The molecule has 1 aromatic heterocycles. The van der Waals surface area contributed by atoms with Gasteiger partial charge in [0.05, 0.1) is 0 Å². The van der Waals surface area contributed by atoms with E-state index in [9.17, 15) is 0 Å². The Morgan fingerprint density at radius 1 is 1.28 bits per heavy atom. The largest absolute Gasteiger partial charge is 0.354 e. The van der Waals surface area contributed by atoms with Crippen LogP contribution < -0.4 is 10.2 Å². The molecule has 1 aromatic rings. The summed E-state index contributed by atoms with van der Waals surface area (Å²) in [6.45, 7) is 2.87. The maximum absolute atomic E-state index is 5.94. The normalized spacial score (nSPS) is 15.1. The number of nitrogens with one attached hydrogen (secondary N) is 1. The van der Waals surface area contributed by atoms with Gasteiger partial charge in [0, 0.05) is 19.6 Å². The van der Waals surface area contributed by atoms with Crippen LogP contribution in [0.5, 0.6) is 0 Å². The zero-order chi connectivity index (χ0) is 12.8. The average Bonchev–Trinajstić information content (AvgIpc) is 2.88. The number of anilines is 2. The smallest absolute Gasteiger partial charge is 0.231 e. The molecule has 1 aliphatic rings. The van der Waals surface area contributed by atoms with Crippen LogP contribution in [-0.4, -0.2) is 46.6 Å². The predicted octanol–water partition coefficient (Wildman–Crippen LogP) is 2.29. The van der Waals surface area contributed by atoms with Gasteiger partial charge in [-0.25, -0.2) is 0 Å². The van der Waals surface area contributed by atoms with E-state index in [1.165, 1.54) is 12.8 Å². The Hall–Kier alpha value is -0.750. The molecule has 0 spiro atoms. The van der Waals surface area contributed by atoms with Crippen LogP contribution in [0, 0.1) is 0 Å². The van der Waals surface area contributed by atoms with Crippen molar-refractivity contribution in [2.75, 3.05) is 41.9 Å². The zero-order valence-electron chi connectivity index (χ0n) is 10.5. The van der Waals surface area contributed by atoms with Crippen LogP contribution in [0.1, 0.15) is 19.3 Å². The summed E-state index contributed by atoms with van der Waals surface area (Å²) in [6, 6.07) is 0. The van der Waals surface area contributed by atoms with Gasteiger partial charge in [-0.2, -0.15) is 26.7 Å². The standard InChI is InChI=1S/C11H18ClN5S/c1-18-8-4-5-13-10-14-9(12)15-11(16-10)17-6-2-3-7-17/h2-8H2,1H3,(H,13,14,15,16). The zero-order valence-corrected chi connectivity index (χ0v) is 12.1. The molecule has 0 aliphatic carbocycles. The first-order valence-corrected chi connectivity index (χ1v) is 7.96. The molecule has 7 heteroatoms. The molecule has 2 rings (SSSR count).